The van der Waals surface area contributed by atoms with Crippen molar-refractivity contribution in [3.63, 3.8) is 0 Å². The van der Waals surface area contributed by atoms with E-state index >= 15 is 0 Å². The van der Waals surface area contributed by atoms with Crippen LogP contribution in [0.2, 0.25) is 0 Å². The van der Waals surface area contributed by atoms with Crippen molar-refractivity contribution in [1.29, 1.82) is 0 Å². The molecule has 2 aromatic heterocycles. The van der Waals surface area contributed by atoms with Gasteiger partial charge in [0.1, 0.15) is 5.82 Å². The van der Waals surface area contributed by atoms with Crippen LogP contribution in [-0.4, -0.2) is 14.5 Å². The van der Waals surface area contributed by atoms with Crippen LogP contribution < -0.4 is 5.32 Å². The first-order chi connectivity index (χ1) is 12.8. The predicted octanol–water partition coefficient (Wildman–Crippen LogP) is 4.10. The van der Waals surface area contributed by atoms with E-state index in [4.69, 9.17) is 0 Å². The molecule has 0 aliphatic heterocycles. The van der Waals surface area contributed by atoms with Crippen molar-refractivity contribution in [1.82, 2.24) is 19.9 Å². The molecule has 5 heteroatoms. The Bertz CT molecular complexity index is 980. The van der Waals surface area contributed by atoms with Crippen molar-refractivity contribution in [2.24, 2.45) is 0 Å². The van der Waals surface area contributed by atoms with E-state index < -0.39 is 0 Å². The Balaban J connectivity index is 1.60. The largest absolute Gasteiger partial charge is 0.329 e. The Morgan fingerprint density at radius 2 is 1.73 bits per heavy atom. The quantitative estimate of drug-likeness (QED) is 0.571. The number of aromatic nitrogens is 3. The zero-order valence-corrected chi connectivity index (χ0v) is 14.2. The van der Waals surface area contributed by atoms with Crippen molar-refractivity contribution in [2.75, 3.05) is 0 Å². The smallest absolute Gasteiger partial charge is 0.123 e. The van der Waals surface area contributed by atoms with Crippen LogP contribution in [0.25, 0.3) is 11.0 Å². The Kier molecular flexibility index (Phi) is 4.71. The van der Waals surface area contributed by atoms with Gasteiger partial charge in [-0.05, 0) is 42.0 Å². The monoisotopic (exact) mass is 346 g/mol. The van der Waals surface area contributed by atoms with Crippen LogP contribution >= 0.6 is 0 Å². The topological polar surface area (TPSA) is 42.7 Å². The fourth-order valence-corrected chi connectivity index (χ4v) is 3.07. The van der Waals surface area contributed by atoms with Crippen molar-refractivity contribution >= 4 is 11.0 Å². The van der Waals surface area contributed by atoms with Gasteiger partial charge in [0, 0.05) is 19.3 Å². The second kappa shape index (κ2) is 7.45. The summed E-state index contributed by atoms with van der Waals surface area (Å²) < 4.78 is 15.5. The lowest BCUT2D eigenvalue weighted by atomic mass is 10.1. The van der Waals surface area contributed by atoms with Gasteiger partial charge in [0.05, 0.1) is 29.1 Å². The van der Waals surface area contributed by atoms with E-state index in [1.807, 2.05) is 54.9 Å². The van der Waals surface area contributed by atoms with Crippen LogP contribution in [0.4, 0.5) is 4.39 Å². The Morgan fingerprint density at radius 3 is 2.54 bits per heavy atom. The van der Waals surface area contributed by atoms with E-state index in [-0.39, 0.29) is 11.9 Å². The standard InChI is InChI=1S/C21H19FN4/c22-17-10-8-16(9-11-17)20(24-13-18-5-3-4-12-23-18)14-26-15-25-19-6-1-2-7-21(19)26/h1-12,15,20,24H,13-14H2/t20-/m1/s1. The molecule has 4 rings (SSSR count). The molecule has 4 nitrogen and oxygen atoms in total. The first-order valence-electron chi connectivity index (χ1n) is 8.58. The maximum absolute atomic E-state index is 13.3. The second-order valence-corrected chi connectivity index (χ2v) is 6.19. The molecule has 1 atom stereocenters. The Labute approximate surface area is 151 Å². The molecule has 26 heavy (non-hydrogen) atoms. The number of para-hydroxylation sites is 2. The first kappa shape index (κ1) is 16.4. The van der Waals surface area contributed by atoms with Gasteiger partial charge in [0.25, 0.3) is 0 Å². The van der Waals surface area contributed by atoms with Gasteiger partial charge in [-0.2, -0.15) is 0 Å². The molecule has 2 aromatic carbocycles. The Hall–Kier alpha value is -3.05. The molecule has 0 radical (unpaired) electrons. The molecule has 4 aromatic rings. The summed E-state index contributed by atoms with van der Waals surface area (Å²) in [5, 5.41) is 3.54. The average molecular weight is 346 g/mol. The third-order valence-corrected chi connectivity index (χ3v) is 4.43. The number of pyridine rings is 1. The third-order valence-electron chi connectivity index (χ3n) is 4.43. The lowest BCUT2D eigenvalue weighted by molar-refractivity contribution is 0.464. The molecule has 0 aliphatic rings. The summed E-state index contributed by atoms with van der Waals surface area (Å²) in [5.41, 5.74) is 4.05. The molecule has 1 N–H and O–H groups in total. The van der Waals surface area contributed by atoms with E-state index in [9.17, 15) is 4.39 Å². The van der Waals surface area contributed by atoms with Gasteiger partial charge < -0.3 is 9.88 Å². The summed E-state index contributed by atoms with van der Waals surface area (Å²) in [7, 11) is 0. The van der Waals surface area contributed by atoms with Crippen LogP contribution in [0.1, 0.15) is 17.3 Å². The summed E-state index contributed by atoms with van der Waals surface area (Å²) in [6, 6.07) is 20.6. The van der Waals surface area contributed by atoms with Crippen molar-refractivity contribution in [3.8, 4) is 0 Å². The number of halogens is 1. The third kappa shape index (κ3) is 3.63. The average Bonchev–Trinajstić information content (AvgIpc) is 3.10. The lowest BCUT2D eigenvalue weighted by Gasteiger charge is -2.20. The lowest BCUT2D eigenvalue weighted by Crippen LogP contribution is -2.25. The molecular weight excluding hydrogens is 327 g/mol. The number of nitrogens with zero attached hydrogens (tertiary/aromatic N) is 3. The van der Waals surface area contributed by atoms with E-state index in [1.54, 1.807) is 6.20 Å². The normalized spacial score (nSPS) is 12.3. The Morgan fingerprint density at radius 1 is 0.923 bits per heavy atom. The fraction of sp³-hybridized carbons (Fsp3) is 0.143. The zero-order chi connectivity index (χ0) is 17.8. The van der Waals surface area contributed by atoms with Crippen molar-refractivity contribution < 1.29 is 4.39 Å². The van der Waals surface area contributed by atoms with Crippen LogP contribution in [0.3, 0.4) is 0 Å². The molecule has 0 spiro atoms. The van der Waals surface area contributed by atoms with Crippen molar-refractivity contribution in [2.45, 2.75) is 19.1 Å². The molecule has 0 unspecified atom stereocenters. The van der Waals surface area contributed by atoms with Gasteiger partial charge in [-0.15, -0.1) is 0 Å². The van der Waals surface area contributed by atoms with Crippen molar-refractivity contribution in [3.05, 3.63) is 96.3 Å². The molecule has 0 amide bonds. The highest BCUT2D eigenvalue weighted by Crippen LogP contribution is 2.20. The highest BCUT2D eigenvalue weighted by Gasteiger charge is 2.14. The van der Waals surface area contributed by atoms with E-state index in [1.165, 1.54) is 12.1 Å². The minimum atomic E-state index is -0.231. The van der Waals surface area contributed by atoms with Gasteiger partial charge in [-0.1, -0.05) is 30.3 Å². The van der Waals surface area contributed by atoms with Crippen LogP contribution in [0, 0.1) is 5.82 Å². The zero-order valence-electron chi connectivity index (χ0n) is 14.2. The predicted molar refractivity (Wildman–Crippen MR) is 100.0 cm³/mol. The number of hydrogen-bond acceptors (Lipinski definition) is 3. The summed E-state index contributed by atoms with van der Waals surface area (Å²) in [5.74, 6) is -0.231. The summed E-state index contributed by atoms with van der Waals surface area (Å²) in [6.45, 7) is 1.33. The fourth-order valence-electron chi connectivity index (χ4n) is 3.07. The maximum Gasteiger partial charge on any atom is 0.123 e. The maximum atomic E-state index is 13.3. The minimum Gasteiger partial charge on any atom is -0.329 e. The van der Waals surface area contributed by atoms with Crippen LogP contribution in [0.5, 0.6) is 0 Å². The van der Waals surface area contributed by atoms with Gasteiger partial charge in [0.15, 0.2) is 0 Å². The van der Waals surface area contributed by atoms with Crippen LogP contribution in [-0.2, 0) is 13.1 Å². The number of benzene rings is 2. The van der Waals surface area contributed by atoms with E-state index in [0.717, 1.165) is 22.3 Å². The minimum absolute atomic E-state index is 0.00946. The summed E-state index contributed by atoms with van der Waals surface area (Å²) in [6.07, 6.45) is 3.64. The van der Waals surface area contributed by atoms with E-state index in [2.05, 4.69) is 25.9 Å². The number of rotatable bonds is 6. The molecule has 0 saturated carbocycles. The SMILES string of the molecule is Fc1ccc([C@@H](Cn2cnc3ccccc32)NCc2ccccn2)cc1. The summed E-state index contributed by atoms with van der Waals surface area (Å²) in [4.78, 5) is 8.82. The molecule has 0 bridgehead atoms. The number of hydrogen-bond donors (Lipinski definition) is 1. The molecule has 2 heterocycles. The van der Waals surface area contributed by atoms with Gasteiger partial charge in [0.2, 0.25) is 0 Å². The molecular formula is C21H19FN4. The number of nitrogens with one attached hydrogen (secondary N) is 1. The summed E-state index contributed by atoms with van der Waals surface area (Å²) >= 11 is 0. The molecule has 0 fully saturated rings. The van der Waals surface area contributed by atoms with E-state index in [0.29, 0.717) is 13.1 Å². The number of imidazole rings is 1. The first-order valence-corrected chi connectivity index (χ1v) is 8.58. The van der Waals surface area contributed by atoms with Gasteiger partial charge in [-0.25, -0.2) is 9.37 Å². The van der Waals surface area contributed by atoms with Gasteiger partial charge in [-0.3, -0.25) is 4.98 Å². The van der Waals surface area contributed by atoms with Gasteiger partial charge >= 0.3 is 0 Å². The molecule has 130 valence electrons. The van der Waals surface area contributed by atoms with Crippen LogP contribution in [0.15, 0.2) is 79.3 Å². The highest BCUT2D eigenvalue weighted by molar-refractivity contribution is 5.74. The highest BCUT2D eigenvalue weighted by atomic mass is 19.1. The second-order valence-electron chi connectivity index (χ2n) is 6.19. The number of fused-ring (bicyclic) bond motifs is 1. The molecule has 0 aliphatic carbocycles. The molecule has 0 saturated heterocycles.